The van der Waals surface area contributed by atoms with E-state index in [0.717, 1.165) is 0 Å². The minimum absolute atomic E-state index is 0. The number of alkyl halides is 17. The van der Waals surface area contributed by atoms with E-state index in [1.165, 1.54) is 0 Å². The van der Waals surface area contributed by atoms with Crippen LogP contribution in [0, 0.1) is 0 Å². The van der Waals surface area contributed by atoms with E-state index in [2.05, 4.69) is 0 Å². The number of hydrogen-bond donors (Lipinski definition) is 0. The molecule has 0 spiro atoms. The van der Waals surface area contributed by atoms with Crippen LogP contribution in [0.15, 0.2) is 0 Å². The molecule has 0 saturated carbocycles. The van der Waals surface area contributed by atoms with Gasteiger partial charge in [-0.1, -0.05) is 0 Å². The Labute approximate surface area is 177 Å². The summed E-state index contributed by atoms with van der Waals surface area (Å²) in [7, 11) is -8.09. The first kappa shape index (κ1) is 33.5. The molecular weight excluding hydrogens is 530 g/mol. The summed E-state index contributed by atoms with van der Waals surface area (Å²) in [4.78, 5) is 0. The van der Waals surface area contributed by atoms with Crippen LogP contribution in [0.25, 0.3) is 0 Å². The van der Waals surface area contributed by atoms with Crippen LogP contribution in [0.5, 0.6) is 0 Å². The maximum Gasteiger partial charge on any atom is 1.00 e. The fourth-order valence-corrected chi connectivity index (χ4v) is 2.06. The van der Waals surface area contributed by atoms with Gasteiger partial charge in [-0.2, -0.15) is 74.6 Å². The molecule has 0 aromatic rings. The molecule has 0 saturated heterocycles. The van der Waals surface area contributed by atoms with Crippen molar-refractivity contribution >= 4 is 10.1 Å². The van der Waals surface area contributed by atoms with Crippen molar-refractivity contribution in [3.8, 4) is 0 Å². The first-order valence-electron chi connectivity index (χ1n) is 6.62. The molecule has 188 valence electrons. The van der Waals surface area contributed by atoms with E-state index in [1.54, 1.807) is 0 Å². The topological polar surface area (TPSA) is 57.2 Å². The van der Waals surface area contributed by atoms with Gasteiger partial charge in [-0.15, -0.1) is 0 Å². The van der Waals surface area contributed by atoms with E-state index in [1.807, 2.05) is 0 Å². The van der Waals surface area contributed by atoms with E-state index < -0.39 is 69.9 Å². The largest absolute Gasteiger partial charge is 1.00 e. The Bertz CT molecular complexity index is 772. The molecule has 0 N–H and O–H groups in total. The van der Waals surface area contributed by atoms with Crippen molar-refractivity contribution in [2.24, 2.45) is 0 Å². The molecular formula is C10H4F17LiO3S. The van der Waals surface area contributed by atoms with Crippen molar-refractivity contribution in [1.29, 1.82) is 0 Å². The van der Waals surface area contributed by atoms with E-state index in [4.69, 9.17) is 0 Å². The van der Waals surface area contributed by atoms with Crippen LogP contribution in [-0.4, -0.2) is 59.9 Å². The summed E-state index contributed by atoms with van der Waals surface area (Å²) in [6.07, 6.45) is -12.4. The Morgan fingerprint density at radius 3 is 1.06 bits per heavy atom. The van der Waals surface area contributed by atoms with Crippen LogP contribution in [0.2, 0.25) is 0 Å². The molecule has 0 heterocycles. The number of rotatable bonds is 9. The fourth-order valence-electron chi connectivity index (χ4n) is 1.62. The number of hydrogen-bond acceptors (Lipinski definition) is 3. The molecule has 0 aromatic carbocycles. The van der Waals surface area contributed by atoms with Gasteiger partial charge in [0.05, 0.1) is 0 Å². The van der Waals surface area contributed by atoms with Gasteiger partial charge in [0, 0.05) is 12.8 Å². The van der Waals surface area contributed by atoms with Crippen LogP contribution in [0.4, 0.5) is 74.6 Å². The molecule has 0 fully saturated rings. The minimum Gasteiger partial charge on any atom is -0.743 e. The van der Waals surface area contributed by atoms with Gasteiger partial charge in [-0.25, -0.2) is 8.42 Å². The van der Waals surface area contributed by atoms with Crippen LogP contribution < -0.4 is 18.9 Å². The van der Waals surface area contributed by atoms with Gasteiger partial charge in [0.15, 0.2) is 10.1 Å². The Kier molecular flexibility index (Phi) is 8.91. The average Bonchev–Trinajstić information content (AvgIpc) is 2.50. The molecule has 0 aliphatic carbocycles. The summed E-state index contributed by atoms with van der Waals surface area (Å²) < 4.78 is 249. The smallest absolute Gasteiger partial charge is 0.743 e. The van der Waals surface area contributed by atoms with Gasteiger partial charge < -0.3 is 4.55 Å². The number of halogens is 17. The maximum atomic E-state index is 13.3. The van der Waals surface area contributed by atoms with Gasteiger partial charge in [-0.05, 0) is 0 Å². The van der Waals surface area contributed by atoms with Crippen molar-refractivity contribution in [3.05, 3.63) is 0 Å². The van der Waals surface area contributed by atoms with Crippen LogP contribution in [-0.2, 0) is 10.1 Å². The predicted octanol–water partition coefficient (Wildman–Crippen LogP) is 2.28. The van der Waals surface area contributed by atoms with Crippen molar-refractivity contribution < 1.29 is 106 Å². The quantitative estimate of drug-likeness (QED) is 0.260. The minimum atomic E-state index is -8.69. The molecule has 0 bridgehead atoms. The third-order valence-corrected chi connectivity index (χ3v) is 4.32. The van der Waals surface area contributed by atoms with E-state index in [-0.39, 0.29) is 18.9 Å². The van der Waals surface area contributed by atoms with Gasteiger partial charge in [0.25, 0.3) is 0 Å². The Balaban J connectivity index is 0. The zero-order valence-corrected chi connectivity index (χ0v) is 15.3. The van der Waals surface area contributed by atoms with E-state index >= 15 is 0 Å². The summed E-state index contributed by atoms with van der Waals surface area (Å²) in [6, 6.07) is 0. The molecule has 0 unspecified atom stereocenters. The summed E-state index contributed by atoms with van der Waals surface area (Å²) in [6.45, 7) is 0. The molecule has 0 aromatic heterocycles. The fraction of sp³-hybridized carbons (Fsp3) is 1.00. The monoisotopic (exact) mass is 534 g/mol. The van der Waals surface area contributed by atoms with Crippen molar-refractivity contribution in [2.45, 2.75) is 59.8 Å². The SMILES string of the molecule is O=S(=O)([O-])C(F)(F)C(F)(F)C(F)(F)C(F)(F)C(F)(F)C(F)(F)C(F)(F)CCC(F)(F)F.[Li+]. The van der Waals surface area contributed by atoms with E-state index in [9.17, 15) is 87.6 Å². The second-order valence-electron chi connectivity index (χ2n) is 5.66. The van der Waals surface area contributed by atoms with Gasteiger partial charge in [0.1, 0.15) is 0 Å². The Morgan fingerprint density at radius 1 is 0.500 bits per heavy atom. The van der Waals surface area contributed by atoms with Gasteiger partial charge >= 0.3 is 65.8 Å². The second kappa shape index (κ2) is 8.52. The van der Waals surface area contributed by atoms with Crippen LogP contribution in [0.1, 0.15) is 12.8 Å². The summed E-state index contributed by atoms with van der Waals surface area (Å²) in [5.41, 5.74) is 0. The molecule has 0 aliphatic rings. The normalized spacial score (nSPS) is 16.1. The molecule has 32 heavy (non-hydrogen) atoms. The van der Waals surface area contributed by atoms with Crippen LogP contribution in [0.3, 0.4) is 0 Å². The molecule has 0 aliphatic heterocycles. The zero-order chi connectivity index (χ0) is 25.9. The molecule has 3 nitrogen and oxygen atoms in total. The average molecular weight is 534 g/mol. The summed E-state index contributed by atoms with van der Waals surface area (Å²) in [5.74, 6) is -49.3. The third kappa shape index (κ3) is 4.89. The molecule has 0 atom stereocenters. The van der Waals surface area contributed by atoms with Gasteiger partial charge in [0.2, 0.25) is 0 Å². The third-order valence-electron chi connectivity index (χ3n) is 3.44. The predicted molar refractivity (Wildman–Crippen MR) is 59.6 cm³/mol. The maximum absolute atomic E-state index is 13.3. The van der Waals surface area contributed by atoms with Crippen molar-refractivity contribution in [1.82, 2.24) is 0 Å². The Morgan fingerprint density at radius 2 is 0.781 bits per heavy atom. The standard InChI is InChI=1S/C10H5F17O3S.Li/c11-3(12,1-2-4(13,14)15)5(16,17)6(18,19)7(20,21)8(22,23)9(24,25)10(26,27)31(28,29)30;/h1-2H2,(H,28,29,30);/q;+1/p-1. The van der Waals surface area contributed by atoms with E-state index in [0.29, 0.717) is 0 Å². The first-order chi connectivity index (χ1) is 13.0. The van der Waals surface area contributed by atoms with Crippen molar-refractivity contribution in [2.75, 3.05) is 0 Å². The molecule has 0 amide bonds. The zero-order valence-electron chi connectivity index (χ0n) is 14.5. The molecule has 22 heteroatoms. The molecule has 0 rings (SSSR count). The van der Waals surface area contributed by atoms with Gasteiger partial charge in [-0.3, -0.25) is 0 Å². The Hall–Kier alpha value is -0.683. The first-order valence-corrected chi connectivity index (χ1v) is 8.03. The molecule has 0 radical (unpaired) electrons. The van der Waals surface area contributed by atoms with Crippen LogP contribution >= 0.6 is 0 Å². The summed E-state index contributed by atoms with van der Waals surface area (Å²) >= 11 is 0. The summed E-state index contributed by atoms with van der Waals surface area (Å²) in [5, 5.41) is -7.88. The van der Waals surface area contributed by atoms with Crippen molar-refractivity contribution in [3.63, 3.8) is 0 Å². The second-order valence-corrected chi connectivity index (χ2v) is 7.08.